The van der Waals surface area contributed by atoms with Gasteiger partial charge in [-0.25, -0.2) is 0 Å². The molecule has 1 aromatic heterocycles. The van der Waals surface area contributed by atoms with E-state index in [-0.39, 0.29) is 0 Å². The van der Waals surface area contributed by atoms with E-state index < -0.39 is 0 Å². The molecule has 0 fully saturated rings. The first-order valence-electron chi connectivity index (χ1n) is 14.6. The van der Waals surface area contributed by atoms with E-state index in [1.54, 1.807) is 0 Å². The number of aromatic nitrogens is 1. The molecule has 3 heteroatoms. The van der Waals surface area contributed by atoms with Crippen LogP contribution in [0.3, 0.4) is 0 Å². The zero-order valence-corrected chi connectivity index (χ0v) is 24.5. The molecule has 1 heterocycles. The average Bonchev–Trinajstić information content (AvgIpc) is 2.90. The van der Waals surface area contributed by atoms with Crippen molar-refractivity contribution < 1.29 is 9.53 Å². The summed E-state index contributed by atoms with van der Waals surface area (Å²) in [7, 11) is 0. The Morgan fingerprint density at radius 3 is 2.24 bits per heavy atom. The summed E-state index contributed by atoms with van der Waals surface area (Å²) in [4.78, 5) is 17.4. The lowest BCUT2D eigenvalue weighted by atomic mass is 9.92. The number of ketones is 1. The number of ether oxygens (including phenoxy) is 1. The fourth-order valence-electron chi connectivity index (χ4n) is 4.79. The van der Waals surface area contributed by atoms with Crippen molar-refractivity contribution in [2.45, 2.75) is 105 Å². The fraction of sp³-hybridized carbons (Fsp3) is 0.486. The van der Waals surface area contributed by atoms with Gasteiger partial charge in [-0.3, -0.25) is 9.78 Å². The summed E-state index contributed by atoms with van der Waals surface area (Å²) in [6.45, 7) is 13.3. The smallest absolute Gasteiger partial charge is 0.137 e. The SMILES string of the molecule is CCC(C)c1cc(Oc2ccc(CCC(=O)Cc3cc(C)c(C)cc3CCCCCC(C)C)cc2)ccn1. The van der Waals surface area contributed by atoms with E-state index in [1.807, 2.05) is 30.5 Å². The molecule has 0 bridgehead atoms. The summed E-state index contributed by atoms with van der Waals surface area (Å²) in [5, 5.41) is 0. The standard InChI is InChI=1S/C35H47NO2/c1-7-26(4)35-24-34(19-20-36-35)38-33-17-14-29(15-18-33)13-16-32(37)23-31-22-28(6)27(5)21-30(31)12-10-8-9-11-25(2)3/h14-15,17-22,24-26H,7-13,16,23H2,1-6H3. The van der Waals surface area contributed by atoms with Crippen LogP contribution in [0.2, 0.25) is 0 Å². The first-order chi connectivity index (χ1) is 18.2. The van der Waals surface area contributed by atoms with Crippen LogP contribution in [0.5, 0.6) is 11.5 Å². The molecule has 3 nitrogen and oxygen atoms in total. The predicted octanol–water partition coefficient (Wildman–Crippen LogP) is 9.51. The topological polar surface area (TPSA) is 39.2 Å². The summed E-state index contributed by atoms with van der Waals surface area (Å²) >= 11 is 0. The second-order valence-electron chi connectivity index (χ2n) is 11.4. The number of carbonyl (C=O) groups is 1. The van der Waals surface area contributed by atoms with Crippen molar-refractivity contribution in [2.24, 2.45) is 5.92 Å². The van der Waals surface area contributed by atoms with Crippen LogP contribution in [-0.4, -0.2) is 10.8 Å². The van der Waals surface area contributed by atoms with Crippen molar-refractivity contribution in [1.82, 2.24) is 4.98 Å². The van der Waals surface area contributed by atoms with E-state index in [2.05, 4.69) is 70.8 Å². The van der Waals surface area contributed by atoms with Crippen molar-refractivity contribution >= 4 is 5.78 Å². The molecule has 0 saturated heterocycles. The molecule has 0 radical (unpaired) electrons. The number of hydrogen-bond donors (Lipinski definition) is 0. The number of Topliss-reactive ketones (excluding diaryl/α,β-unsaturated/α-hetero) is 1. The third-order valence-electron chi connectivity index (χ3n) is 7.65. The third-order valence-corrected chi connectivity index (χ3v) is 7.65. The first-order valence-corrected chi connectivity index (χ1v) is 14.6. The summed E-state index contributed by atoms with van der Waals surface area (Å²) in [6, 6.07) is 16.6. The van der Waals surface area contributed by atoms with E-state index in [0.29, 0.717) is 24.5 Å². The Kier molecular flexibility index (Phi) is 11.6. The Morgan fingerprint density at radius 1 is 0.842 bits per heavy atom. The van der Waals surface area contributed by atoms with Gasteiger partial charge in [-0.2, -0.15) is 0 Å². The Hall–Kier alpha value is -2.94. The van der Waals surface area contributed by atoms with Crippen LogP contribution in [-0.2, 0) is 24.1 Å². The Morgan fingerprint density at radius 2 is 1.55 bits per heavy atom. The molecule has 0 aliphatic carbocycles. The van der Waals surface area contributed by atoms with Gasteiger partial charge in [0, 0.05) is 30.8 Å². The minimum atomic E-state index is 0.309. The van der Waals surface area contributed by atoms with Crippen LogP contribution in [0.25, 0.3) is 0 Å². The van der Waals surface area contributed by atoms with Crippen molar-refractivity contribution in [2.75, 3.05) is 0 Å². The quantitative estimate of drug-likeness (QED) is 0.190. The highest BCUT2D eigenvalue weighted by atomic mass is 16.5. The third kappa shape index (κ3) is 9.42. The second kappa shape index (κ2) is 14.9. The number of rotatable bonds is 15. The summed E-state index contributed by atoms with van der Waals surface area (Å²) in [5.74, 6) is 3.10. The monoisotopic (exact) mass is 513 g/mol. The number of benzene rings is 2. The molecule has 2 aromatic carbocycles. The van der Waals surface area contributed by atoms with Gasteiger partial charge in [0.15, 0.2) is 0 Å². The van der Waals surface area contributed by atoms with Crippen LogP contribution in [0, 0.1) is 19.8 Å². The highest BCUT2D eigenvalue weighted by Gasteiger charge is 2.12. The lowest BCUT2D eigenvalue weighted by Crippen LogP contribution is -2.08. The van der Waals surface area contributed by atoms with Crippen LogP contribution in [0.15, 0.2) is 54.7 Å². The van der Waals surface area contributed by atoms with Gasteiger partial charge in [-0.15, -0.1) is 0 Å². The van der Waals surface area contributed by atoms with E-state index in [4.69, 9.17) is 4.74 Å². The molecule has 0 N–H and O–H groups in total. The van der Waals surface area contributed by atoms with Gasteiger partial charge < -0.3 is 4.74 Å². The lowest BCUT2D eigenvalue weighted by molar-refractivity contribution is -0.118. The highest BCUT2D eigenvalue weighted by Crippen LogP contribution is 2.26. The second-order valence-corrected chi connectivity index (χ2v) is 11.4. The van der Waals surface area contributed by atoms with Gasteiger partial charge in [-0.05, 0) is 97.4 Å². The van der Waals surface area contributed by atoms with E-state index in [9.17, 15) is 4.79 Å². The van der Waals surface area contributed by atoms with Crippen LogP contribution in [0.1, 0.15) is 106 Å². The fourth-order valence-corrected chi connectivity index (χ4v) is 4.79. The maximum Gasteiger partial charge on any atom is 0.137 e. The molecule has 1 unspecified atom stereocenters. The Labute approximate surface area is 231 Å². The molecule has 38 heavy (non-hydrogen) atoms. The number of aryl methyl sites for hydroxylation is 4. The average molecular weight is 514 g/mol. The minimum absolute atomic E-state index is 0.309. The number of pyridine rings is 1. The summed E-state index contributed by atoms with van der Waals surface area (Å²) < 4.78 is 6.06. The van der Waals surface area contributed by atoms with E-state index >= 15 is 0 Å². The molecule has 0 amide bonds. The maximum absolute atomic E-state index is 13.0. The molecular weight excluding hydrogens is 466 g/mol. The maximum atomic E-state index is 13.0. The van der Waals surface area contributed by atoms with Crippen molar-refractivity contribution in [1.29, 1.82) is 0 Å². The summed E-state index contributed by atoms with van der Waals surface area (Å²) in [6.07, 6.45) is 10.8. The summed E-state index contributed by atoms with van der Waals surface area (Å²) in [5.41, 5.74) is 7.39. The van der Waals surface area contributed by atoms with Gasteiger partial charge in [0.25, 0.3) is 0 Å². The van der Waals surface area contributed by atoms with Crippen LogP contribution >= 0.6 is 0 Å². The number of unbranched alkanes of at least 4 members (excludes halogenated alkanes) is 2. The molecule has 204 valence electrons. The Bertz CT molecular complexity index is 1160. The predicted molar refractivity (Wildman–Crippen MR) is 159 cm³/mol. The molecule has 1 atom stereocenters. The lowest BCUT2D eigenvalue weighted by Gasteiger charge is -2.13. The van der Waals surface area contributed by atoms with Crippen molar-refractivity contribution in [3.8, 4) is 11.5 Å². The zero-order valence-electron chi connectivity index (χ0n) is 24.5. The first kappa shape index (κ1) is 29.6. The van der Waals surface area contributed by atoms with Crippen molar-refractivity contribution in [3.63, 3.8) is 0 Å². The van der Waals surface area contributed by atoms with E-state index in [0.717, 1.165) is 47.9 Å². The molecule has 0 spiro atoms. The van der Waals surface area contributed by atoms with Crippen molar-refractivity contribution in [3.05, 3.63) is 88.2 Å². The largest absolute Gasteiger partial charge is 0.457 e. The molecule has 0 aliphatic heterocycles. The van der Waals surface area contributed by atoms with Gasteiger partial charge in [0.1, 0.15) is 17.3 Å². The van der Waals surface area contributed by atoms with Gasteiger partial charge in [0.05, 0.1) is 0 Å². The Balaban J connectivity index is 1.53. The molecule has 3 rings (SSSR count). The van der Waals surface area contributed by atoms with E-state index in [1.165, 1.54) is 47.9 Å². The normalized spacial score (nSPS) is 12.1. The number of hydrogen-bond acceptors (Lipinski definition) is 3. The van der Waals surface area contributed by atoms with Gasteiger partial charge in [-0.1, -0.05) is 71.2 Å². The molecule has 3 aromatic rings. The molecular formula is C35H47NO2. The number of nitrogens with zero attached hydrogens (tertiary/aromatic N) is 1. The van der Waals surface area contributed by atoms with Crippen LogP contribution < -0.4 is 4.74 Å². The minimum Gasteiger partial charge on any atom is -0.457 e. The van der Waals surface area contributed by atoms with Gasteiger partial charge in [0.2, 0.25) is 0 Å². The van der Waals surface area contributed by atoms with Crippen LogP contribution in [0.4, 0.5) is 0 Å². The molecule has 0 saturated carbocycles. The number of carbonyl (C=O) groups excluding carboxylic acids is 1. The highest BCUT2D eigenvalue weighted by molar-refractivity contribution is 5.81. The zero-order chi connectivity index (χ0) is 27.5. The molecule has 0 aliphatic rings. The van der Waals surface area contributed by atoms with Gasteiger partial charge >= 0.3 is 0 Å².